The Labute approximate surface area is 116 Å². The number of fused-ring (bicyclic) bond motifs is 1. The van der Waals surface area contributed by atoms with Crippen LogP contribution in [0.25, 0.3) is 11.0 Å². The molecule has 0 amide bonds. The van der Waals surface area contributed by atoms with E-state index in [0.717, 1.165) is 36.4 Å². The third kappa shape index (κ3) is 2.35. The molecule has 1 saturated heterocycles. The van der Waals surface area contributed by atoms with Crippen molar-refractivity contribution >= 4 is 28.5 Å². The molecule has 1 fully saturated rings. The molecule has 0 spiro atoms. The lowest BCUT2D eigenvalue weighted by atomic mass is 10.0. The van der Waals surface area contributed by atoms with Crippen LogP contribution >= 0.6 is 11.6 Å². The van der Waals surface area contributed by atoms with Crippen LogP contribution in [0.5, 0.6) is 0 Å². The number of aliphatic hydroxyl groups is 1. The number of pyridine rings is 1. The van der Waals surface area contributed by atoms with Gasteiger partial charge in [-0.3, -0.25) is 4.98 Å². The Hall–Kier alpha value is -1.46. The number of aliphatic hydroxyl groups excluding tert-OH is 1. The third-order valence-corrected chi connectivity index (χ3v) is 3.81. The molecule has 1 aliphatic heterocycles. The van der Waals surface area contributed by atoms with Gasteiger partial charge >= 0.3 is 0 Å². The van der Waals surface area contributed by atoms with Crippen molar-refractivity contribution in [2.75, 3.05) is 18.0 Å². The molecule has 0 aliphatic carbocycles. The monoisotopic (exact) mass is 278 g/mol. The molecule has 5 nitrogen and oxygen atoms in total. The first-order chi connectivity index (χ1) is 9.15. The zero-order chi connectivity index (χ0) is 13.4. The Morgan fingerprint density at radius 1 is 1.42 bits per heavy atom. The number of rotatable bonds is 2. The Kier molecular flexibility index (Phi) is 3.24. The Morgan fingerprint density at radius 3 is 2.95 bits per heavy atom. The summed E-state index contributed by atoms with van der Waals surface area (Å²) in [6.45, 7) is 3.46. The van der Waals surface area contributed by atoms with Crippen LogP contribution in [0.4, 0.5) is 5.82 Å². The zero-order valence-corrected chi connectivity index (χ0v) is 11.4. The van der Waals surface area contributed by atoms with Crippen molar-refractivity contribution in [1.82, 2.24) is 15.0 Å². The molecule has 2 aromatic heterocycles. The minimum atomic E-state index is -0.304. The van der Waals surface area contributed by atoms with Crippen molar-refractivity contribution in [2.45, 2.75) is 19.4 Å². The highest BCUT2D eigenvalue weighted by molar-refractivity contribution is 6.30. The van der Waals surface area contributed by atoms with Crippen molar-refractivity contribution in [1.29, 1.82) is 0 Å². The van der Waals surface area contributed by atoms with Gasteiger partial charge in [-0.2, -0.15) is 0 Å². The second-order valence-corrected chi connectivity index (χ2v) is 5.32. The SMILES string of the molecule is CC(O)[C@H]1CCN(c2nc(Cl)cc3nccnc23)C1. The molecule has 1 N–H and O–H groups in total. The maximum Gasteiger partial charge on any atom is 0.158 e. The van der Waals surface area contributed by atoms with Gasteiger partial charge < -0.3 is 10.0 Å². The summed E-state index contributed by atoms with van der Waals surface area (Å²) >= 11 is 6.05. The van der Waals surface area contributed by atoms with Gasteiger partial charge in [0.2, 0.25) is 0 Å². The van der Waals surface area contributed by atoms with E-state index in [9.17, 15) is 5.11 Å². The number of anilines is 1. The van der Waals surface area contributed by atoms with E-state index in [4.69, 9.17) is 11.6 Å². The van der Waals surface area contributed by atoms with Gasteiger partial charge in [-0.1, -0.05) is 11.6 Å². The van der Waals surface area contributed by atoms with Crippen LogP contribution in [-0.4, -0.2) is 39.3 Å². The van der Waals surface area contributed by atoms with Crippen LogP contribution in [-0.2, 0) is 0 Å². The van der Waals surface area contributed by atoms with E-state index in [0.29, 0.717) is 5.15 Å². The maximum atomic E-state index is 9.68. The van der Waals surface area contributed by atoms with E-state index in [1.165, 1.54) is 0 Å². The highest BCUT2D eigenvalue weighted by atomic mass is 35.5. The Morgan fingerprint density at radius 2 is 2.21 bits per heavy atom. The van der Waals surface area contributed by atoms with Gasteiger partial charge in [0.15, 0.2) is 5.82 Å². The van der Waals surface area contributed by atoms with Gasteiger partial charge in [0.25, 0.3) is 0 Å². The van der Waals surface area contributed by atoms with Crippen LogP contribution in [0.1, 0.15) is 13.3 Å². The van der Waals surface area contributed by atoms with Gasteiger partial charge in [-0.05, 0) is 13.3 Å². The average molecular weight is 279 g/mol. The lowest BCUT2D eigenvalue weighted by molar-refractivity contribution is 0.136. The van der Waals surface area contributed by atoms with Gasteiger partial charge in [-0.25, -0.2) is 9.97 Å². The normalized spacial score (nSPS) is 21.0. The highest BCUT2D eigenvalue weighted by Gasteiger charge is 2.28. The minimum absolute atomic E-state index is 0.271. The van der Waals surface area contributed by atoms with Gasteiger partial charge in [0.05, 0.1) is 11.6 Å². The van der Waals surface area contributed by atoms with Gasteiger partial charge in [0, 0.05) is 37.5 Å². The Balaban J connectivity index is 2.01. The zero-order valence-electron chi connectivity index (χ0n) is 10.6. The summed E-state index contributed by atoms with van der Waals surface area (Å²) in [5.74, 6) is 1.03. The van der Waals surface area contributed by atoms with E-state index >= 15 is 0 Å². The lowest BCUT2D eigenvalue weighted by Crippen LogP contribution is -2.25. The van der Waals surface area contributed by atoms with Gasteiger partial charge in [-0.15, -0.1) is 0 Å². The number of hydrogen-bond donors (Lipinski definition) is 1. The first kappa shape index (κ1) is 12.6. The molecule has 2 aromatic rings. The molecule has 2 atom stereocenters. The molecule has 0 bridgehead atoms. The van der Waals surface area contributed by atoms with Crippen LogP contribution in [0.2, 0.25) is 5.15 Å². The molecule has 1 unspecified atom stereocenters. The number of aromatic nitrogens is 3. The number of halogens is 1. The summed E-state index contributed by atoms with van der Waals surface area (Å²) in [6, 6.07) is 1.72. The molecule has 3 rings (SSSR count). The molecule has 6 heteroatoms. The summed E-state index contributed by atoms with van der Waals surface area (Å²) in [7, 11) is 0. The number of hydrogen-bond acceptors (Lipinski definition) is 5. The van der Waals surface area contributed by atoms with Crippen molar-refractivity contribution < 1.29 is 5.11 Å². The minimum Gasteiger partial charge on any atom is -0.393 e. The predicted octanol–water partition coefficient (Wildman–Crippen LogP) is 1.89. The molecular weight excluding hydrogens is 264 g/mol. The highest BCUT2D eigenvalue weighted by Crippen LogP contribution is 2.30. The molecular formula is C13H15ClN4O. The van der Waals surface area contributed by atoms with E-state index in [-0.39, 0.29) is 12.0 Å². The summed E-state index contributed by atoms with van der Waals surface area (Å²) < 4.78 is 0. The molecule has 0 saturated carbocycles. The Bertz CT molecular complexity index is 604. The fourth-order valence-electron chi connectivity index (χ4n) is 2.52. The van der Waals surface area contributed by atoms with Crippen molar-refractivity contribution in [2.24, 2.45) is 5.92 Å². The first-order valence-corrected chi connectivity index (χ1v) is 6.73. The average Bonchev–Trinajstić information content (AvgIpc) is 2.87. The molecule has 19 heavy (non-hydrogen) atoms. The van der Waals surface area contributed by atoms with Crippen LogP contribution < -0.4 is 4.90 Å². The van der Waals surface area contributed by atoms with Crippen molar-refractivity contribution in [3.05, 3.63) is 23.6 Å². The fraction of sp³-hybridized carbons (Fsp3) is 0.462. The van der Waals surface area contributed by atoms with Gasteiger partial charge in [0.1, 0.15) is 10.7 Å². The molecule has 100 valence electrons. The quantitative estimate of drug-likeness (QED) is 0.850. The van der Waals surface area contributed by atoms with Crippen LogP contribution in [0, 0.1) is 5.92 Å². The summed E-state index contributed by atoms with van der Waals surface area (Å²) in [4.78, 5) is 15.1. The van der Waals surface area contributed by atoms with Crippen molar-refractivity contribution in [3.63, 3.8) is 0 Å². The van der Waals surface area contributed by atoms with E-state index in [1.54, 1.807) is 18.5 Å². The summed E-state index contributed by atoms with van der Waals surface area (Å²) in [5.41, 5.74) is 1.51. The third-order valence-electron chi connectivity index (χ3n) is 3.61. The van der Waals surface area contributed by atoms with Crippen LogP contribution in [0.15, 0.2) is 18.5 Å². The first-order valence-electron chi connectivity index (χ1n) is 6.35. The smallest absolute Gasteiger partial charge is 0.158 e. The lowest BCUT2D eigenvalue weighted by Gasteiger charge is -2.19. The molecule has 1 aliphatic rings. The summed E-state index contributed by atoms with van der Waals surface area (Å²) in [5, 5.41) is 10.1. The van der Waals surface area contributed by atoms with E-state index < -0.39 is 0 Å². The molecule has 0 aromatic carbocycles. The largest absolute Gasteiger partial charge is 0.393 e. The second kappa shape index (κ2) is 4.90. The number of nitrogens with zero attached hydrogens (tertiary/aromatic N) is 4. The van der Waals surface area contributed by atoms with E-state index in [2.05, 4.69) is 19.9 Å². The van der Waals surface area contributed by atoms with Crippen molar-refractivity contribution in [3.8, 4) is 0 Å². The predicted molar refractivity (Wildman–Crippen MR) is 74.3 cm³/mol. The van der Waals surface area contributed by atoms with E-state index in [1.807, 2.05) is 6.92 Å². The molecule has 3 heterocycles. The standard InChI is InChI=1S/C13H15ClN4O/c1-8(19)9-2-5-18(7-9)13-12-10(6-11(14)17-13)15-3-4-16-12/h3-4,6,8-9,19H,2,5,7H2,1H3/t8?,9-/m0/s1. The fourth-order valence-corrected chi connectivity index (χ4v) is 2.70. The van der Waals surface area contributed by atoms with Crippen LogP contribution in [0.3, 0.4) is 0 Å². The second-order valence-electron chi connectivity index (χ2n) is 4.93. The molecule has 0 radical (unpaired) electrons. The summed E-state index contributed by atoms with van der Waals surface area (Å²) in [6.07, 6.45) is 3.95. The topological polar surface area (TPSA) is 62.1 Å². The maximum absolute atomic E-state index is 9.68.